The molecule has 0 atom stereocenters. The molecular formula is C15H26N2O4. The molecule has 1 saturated heterocycles. The first kappa shape index (κ1) is 16.2. The highest BCUT2D eigenvalue weighted by Gasteiger charge is 2.46. The van der Waals surface area contributed by atoms with Crippen molar-refractivity contribution in [2.45, 2.75) is 62.9 Å². The van der Waals surface area contributed by atoms with Crippen LogP contribution in [-0.2, 0) is 14.3 Å². The highest BCUT2D eigenvalue weighted by Crippen LogP contribution is 2.34. The van der Waals surface area contributed by atoms with Crippen LogP contribution in [0.2, 0.25) is 0 Å². The van der Waals surface area contributed by atoms with Gasteiger partial charge < -0.3 is 20.9 Å². The number of carbonyl (C=O) groups is 2. The Bertz CT molecular complexity index is 396. The molecule has 120 valence electrons. The summed E-state index contributed by atoms with van der Waals surface area (Å²) in [6, 6.07) is 0. The molecule has 4 N–H and O–H groups in total. The molecule has 1 aliphatic carbocycles. The SMILES string of the molecule is CCC1CCC(NC(=O)C2(N)CCOCC2)(C(=O)O)CC1. The Hall–Kier alpha value is -1.14. The van der Waals surface area contributed by atoms with Crippen LogP contribution in [0.15, 0.2) is 0 Å². The van der Waals surface area contributed by atoms with Gasteiger partial charge in [0, 0.05) is 13.2 Å². The number of rotatable bonds is 4. The van der Waals surface area contributed by atoms with Crippen molar-refractivity contribution in [2.24, 2.45) is 11.7 Å². The average Bonchev–Trinajstić information content (AvgIpc) is 2.48. The van der Waals surface area contributed by atoms with Crippen LogP contribution in [0.4, 0.5) is 0 Å². The van der Waals surface area contributed by atoms with Crippen LogP contribution in [0.1, 0.15) is 51.9 Å². The van der Waals surface area contributed by atoms with Gasteiger partial charge in [-0.15, -0.1) is 0 Å². The topological polar surface area (TPSA) is 102 Å². The Morgan fingerprint density at radius 3 is 2.29 bits per heavy atom. The second-order valence-corrected chi connectivity index (χ2v) is 6.46. The molecule has 1 saturated carbocycles. The minimum Gasteiger partial charge on any atom is -0.480 e. The molecule has 0 aromatic rings. The molecule has 1 amide bonds. The summed E-state index contributed by atoms with van der Waals surface area (Å²) < 4.78 is 5.23. The number of aliphatic carboxylic acids is 1. The van der Waals surface area contributed by atoms with Crippen molar-refractivity contribution in [3.63, 3.8) is 0 Å². The van der Waals surface area contributed by atoms with Crippen LogP contribution >= 0.6 is 0 Å². The predicted octanol–water partition coefficient (Wildman–Crippen LogP) is 1.03. The molecule has 1 aliphatic heterocycles. The second-order valence-electron chi connectivity index (χ2n) is 6.46. The van der Waals surface area contributed by atoms with Crippen LogP contribution in [0.3, 0.4) is 0 Å². The van der Waals surface area contributed by atoms with E-state index in [1.165, 1.54) is 0 Å². The lowest BCUT2D eigenvalue weighted by molar-refractivity contribution is -0.151. The Kier molecular flexibility index (Phi) is 4.88. The first-order valence-electron chi connectivity index (χ1n) is 7.84. The summed E-state index contributed by atoms with van der Waals surface area (Å²) in [5.74, 6) is -0.728. The number of carboxylic acids is 1. The third-order valence-electron chi connectivity index (χ3n) is 5.14. The molecule has 0 unspecified atom stereocenters. The van der Waals surface area contributed by atoms with E-state index in [4.69, 9.17) is 10.5 Å². The van der Waals surface area contributed by atoms with Gasteiger partial charge in [-0.25, -0.2) is 4.79 Å². The molecule has 0 aromatic heterocycles. The number of ether oxygens (including phenoxy) is 1. The van der Waals surface area contributed by atoms with Gasteiger partial charge in [0.25, 0.3) is 0 Å². The summed E-state index contributed by atoms with van der Waals surface area (Å²) in [5, 5.41) is 12.4. The number of hydrogen-bond acceptors (Lipinski definition) is 4. The van der Waals surface area contributed by atoms with E-state index in [1.807, 2.05) is 0 Å². The van der Waals surface area contributed by atoms with Crippen molar-refractivity contribution in [2.75, 3.05) is 13.2 Å². The highest BCUT2D eigenvalue weighted by atomic mass is 16.5. The first-order valence-corrected chi connectivity index (χ1v) is 7.84. The van der Waals surface area contributed by atoms with E-state index in [-0.39, 0.29) is 5.91 Å². The van der Waals surface area contributed by atoms with E-state index in [0.717, 1.165) is 19.3 Å². The van der Waals surface area contributed by atoms with Crippen molar-refractivity contribution in [3.8, 4) is 0 Å². The molecule has 21 heavy (non-hydrogen) atoms. The molecule has 0 aromatic carbocycles. The zero-order chi connectivity index (χ0) is 15.5. The van der Waals surface area contributed by atoms with Crippen molar-refractivity contribution in [1.82, 2.24) is 5.32 Å². The Morgan fingerprint density at radius 2 is 1.81 bits per heavy atom. The fraction of sp³-hybridized carbons (Fsp3) is 0.867. The zero-order valence-electron chi connectivity index (χ0n) is 12.7. The van der Waals surface area contributed by atoms with Crippen molar-refractivity contribution >= 4 is 11.9 Å². The third kappa shape index (κ3) is 3.37. The van der Waals surface area contributed by atoms with Crippen LogP contribution < -0.4 is 11.1 Å². The molecular weight excluding hydrogens is 272 g/mol. The monoisotopic (exact) mass is 298 g/mol. The van der Waals surface area contributed by atoms with Gasteiger partial charge in [-0.05, 0) is 44.4 Å². The van der Waals surface area contributed by atoms with Gasteiger partial charge in [0.2, 0.25) is 5.91 Å². The van der Waals surface area contributed by atoms with Crippen molar-refractivity contribution in [1.29, 1.82) is 0 Å². The van der Waals surface area contributed by atoms with Crippen molar-refractivity contribution < 1.29 is 19.4 Å². The maximum atomic E-state index is 12.5. The van der Waals surface area contributed by atoms with Crippen LogP contribution in [0.5, 0.6) is 0 Å². The van der Waals surface area contributed by atoms with E-state index in [1.54, 1.807) is 0 Å². The maximum Gasteiger partial charge on any atom is 0.329 e. The van der Waals surface area contributed by atoms with Gasteiger partial charge >= 0.3 is 5.97 Å². The summed E-state index contributed by atoms with van der Waals surface area (Å²) in [4.78, 5) is 24.2. The zero-order valence-corrected chi connectivity index (χ0v) is 12.7. The summed E-state index contributed by atoms with van der Waals surface area (Å²) >= 11 is 0. The summed E-state index contributed by atoms with van der Waals surface area (Å²) in [6.07, 6.45) is 4.58. The van der Waals surface area contributed by atoms with E-state index < -0.39 is 17.0 Å². The molecule has 2 rings (SSSR count). The van der Waals surface area contributed by atoms with Gasteiger partial charge in [-0.3, -0.25) is 4.79 Å². The maximum absolute atomic E-state index is 12.5. The van der Waals surface area contributed by atoms with Crippen LogP contribution in [0, 0.1) is 5.92 Å². The molecule has 0 radical (unpaired) electrons. The summed E-state index contributed by atoms with van der Waals surface area (Å²) in [7, 11) is 0. The molecule has 2 aliphatic rings. The molecule has 0 bridgehead atoms. The van der Waals surface area contributed by atoms with Gasteiger partial charge in [-0.2, -0.15) is 0 Å². The Balaban J connectivity index is 2.06. The largest absolute Gasteiger partial charge is 0.480 e. The average molecular weight is 298 g/mol. The van der Waals surface area contributed by atoms with Crippen molar-refractivity contribution in [3.05, 3.63) is 0 Å². The quantitative estimate of drug-likeness (QED) is 0.719. The van der Waals surface area contributed by atoms with Crippen LogP contribution in [0.25, 0.3) is 0 Å². The number of carboxylic acid groups (broad SMARTS) is 1. The number of amides is 1. The highest BCUT2D eigenvalue weighted by molar-refractivity contribution is 5.92. The lowest BCUT2D eigenvalue weighted by Crippen LogP contribution is -2.65. The van der Waals surface area contributed by atoms with E-state index in [0.29, 0.717) is 44.8 Å². The minimum absolute atomic E-state index is 0.344. The first-order chi connectivity index (χ1) is 9.92. The smallest absolute Gasteiger partial charge is 0.329 e. The predicted molar refractivity (Wildman–Crippen MR) is 77.7 cm³/mol. The van der Waals surface area contributed by atoms with E-state index >= 15 is 0 Å². The van der Waals surface area contributed by atoms with Gasteiger partial charge in [0.05, 0.1) is 5.54 Å². The van der Waals surface area contributed by atoms with Gasteiger partial charge in [-0.1, -0.05) is 13.3 Å². The fourth-order valence-electron chi connectivity index (χ4n) is 3.28. The molecule has 0 spiro atoms. The third-order valence-corrected chi connectivity index (χ3v) is 5.14. The van der Waals surface area contributed by atoms with Gasteiger partial charge in [0.15, 0.2) is 0 Å². The fourth-order valence-corrected chi connectivity index (χ4v) is 3.28. The molecule has 2 fully saturated rings. The number of hydrogen-bond donors (Lipinski definition) is 3. The molecule has 1 heterocycles. The summed E-state index contributed by atoms with van der Waals surface area (Å²) in [6.45, 7) is 3.01. The number of carbonyl (C=O) groups excluding carboxylic acids is 1. The van der Waals surface area contributed by atoms with E-state index in [9.17, 15) is 14.7 Å². The lowest BCUT2D eigenvalue weighted by Gasteiger charge is -2.40. The lowest BCUT2D eigenvalue weighted by atomic mass is 9.75. The van der Waals surface area contributed by atoms with E-state index in [2.05, 4.69) is 12.2 Å². The Morgan fingerprint density at radius 1 is 1.24 bits per heavy atom. The number of nitrogens with one attached hydrogen (secondary N) is 1. The summed E-state index contributed by atoms with van der Waals surface area (Å²) in [5.41, 5.74) is 4.00. The standard InChI is InChI=1S/C15H26N2O4/c1-2-11-3-5-15(6-4-11,13(19)20)17-12(18)14(16)7-9-21-10-8-14/h11H,2-10,16H2,1H3,(H,17,18)(H,19,20). The normalized spacial score (nSPS) is 32.4. The minimum atomic E-state index is -1.15. The number of nitrogens with two attached hydrogens (primary N) is 1. The molecule has 6 heteroatoms. The van der Waals surface area contributed by atoms with Crippen LogP contribution in [-0.4, -0.2) is 41.3 Å². The second kappa shape index (κ2) is 6.32. The molecule has 6 nitrogen and oxygen atoms in total. The Labute approximate surface area is 125 Å². The van der Waals surface area contributed by atoms with Gasteiger partial charge in [0.1, 0.15) is 5.54 Å².